The van der Waals surface area contributed by atoms with E-state index in [1.807, 2.05) is 0 Å². The van der Waals surface area contributed by atoms with E-state index < -0.39 is 27.7 Å². The number of methoxy groups -OCH3 is 1. The summed E-state index contributed by atoms with van der Waals surface area (Å²) in [7, 11) is -1.99. The van der Waals surface area contributed by atoms with Gasteiger partial charge in [0.2, 0.25) is 5.91 Å². The van der Waals surface area contributed by atoms with Gasteiger partial charge in [-0.05, 0) is 24.1 Å². The van der Waals surface area contributed by atoms with Gasteiger partial charge in [0, 0.05) is 6.04 Å². The van der Waals surface area contributed by atoms with Crippen molar-refractivity contribution >= 4 is 21.7 Å². The van der Waals surface area contributed by atoms with Crippen molar-refractivity contribution in [1.82, 2.24) is 4.90 Å². The number of rotatable bonds is 5. The molecule has 6 nitrogen and oxygen atoms in total. The number of esters is 1. The number of ether oxygens (including phenoxy) is 1. The average molecular weight is 343 g/mol. The number of carbonyl (C=O) groups is 2. The number of halogens is 1. The fraction of sp³-hybridized carbons (Fsp3) is 0.467. The molecule has 0 aliphatic carbocycles. The summed E-state index contributed by atoms with van der Waals surface area (Å²) < 4.78 is 40.7. The SMILES string of the molecule is COC(=O)CN(C(=O)Cc1ccc(F)cc1)C1CCS(=O)(=O)C1. The van der Waals surface area contributed by atoms with E-state index in [9.17, 15) is 22.4 Å². The van der Waals surface area contributed by atoms with Crippen LogP contribution < -0.4 is 0 Å². The summed E-state index contributed by atoms with van der Waals surface area (Å²) in [5.74, 6) is -1.56. The summed E-state index contributed by atoms with van der Waals surface area (Å²) in [6, 6.07) is 4.91. The monoisotopic (exact) mass is 343 g/mol. The largest absolute Gasteiger partial charge is 0.468 e. The second kappa shape index (κ2) is 7.08. The molecule has 1 atom stereocenters. The van der Waals surface area contributed by atoms with Crippen molar-refractivity contribution in [3.05, 3.63) is 35.6 Å². The molecule has 1 unspecified atom stereocenters. The van der Waals surface area contributed by atoms with Crippen LogP contribution in [0.25, 0.3) is 0 Å². The maximum Gasteiger partial charge on any atom is 0.325 e. The predicted octanol–water partition coefficient (Wildman–Crippen LogP) is 0.557. The minimum atomic E-state index is -3.19. The van der Waals surface area contributed by atoms with Gasteiger partial charge in [0.05, 0.1) is 25.0 Å². The van der Waals surface area contributed by atoms with Crippen LogP contribution in [0.1, 0.15) is 12.0 Å². The zero-order valence-electron chi connectivity index (χ0n) is 12.7. The van der Waals surface area contributed by atoms with Gasteiger partial charge in [-0.2, -0.15) is 0 Å². The lowest BCUT2D eigenvalue weighted by atomic mass is 10.1. The molecule has 1 aliphatic heterocycles. The van der Waals surface area contributed by atoms with Crippen LogP contribution in [-0.2, 0) is 30.6 Å². The lowest BCUT2D eigenvalue weighted by Crippen LogP contribution is -2.45. The van der Waals surface area contributed by atoms with E-state index in [1.165, 1.54) is 36.3 Å². The Balaban J connectivity index is 2.13. The number of nitrogens with zero attached hydrogens (tertiary/aromatic N) is 1. The van der Waals surface area contributed by atoms with Crippen LogP contribution in [0.5, 0.6) is 0 Å². The quantitative estimate of drug-likeness (QED) is 0.730. The standard InChI is InChI=1S/C15H18FNO5S/c1-22-15(19)9-17(13-6-7-23(20,21)10-13)14(18)8-11-2-4-12(16)5-3-11/h2-5,13H,6-10H2,1H3. The molecule has 0 saturated carbocycles. The Morgan fingerprint density at radius 3 is 2.48 bits per heavy atom. The van der Waals surface area contributed by atoms with Crippen LogP contribution in [0.4, 0.5) is 4.39 Å². The Labute approximate surface area is 134 Å². The highest BCUT2D eigenvalue weighted by Gasteiger charge is 2.35. The van der Waals surface area contributed by atoms with Gasteiger partial charge in [0.15, 0.2) is 9.84 Å². The molecule has 1 aliphatic rings. The van der Waals surface area contributed by atoms with Crippen molar-refractivity contribution < 1.29 is 27.1 Å². The second-order valence-electron chi connectivity index (χ2n) is 5.46. The summed E-state index contributed by atoms with van der Waals surface area (Å²) in [5, 5.41) is 0. The first kappa shape index (κ1) is 17.4. The van der Waals surface area contributed by atoms with Crippen molar-refractivity contribution in [2.24, 2.45) is 0 Å². The van der Waals surface area contributed by atoms with Gasteiger partial charge in [-0.1, -0.05) is 12.1 Å². The molecule has 2 rings (SSSR count). The van der Waals surface area contributed by atoms with E-state index in [4.69, 9.17) is 0 Å². The molecule has 8 heteroatoms. The van der Waals surface area contributed by atoms with Gasteiger partial charge in [-0.25, -0.2) is 12.8 Å². The molecule has 1 fully saturated rings. The fourth-order valence-corrected chi connectivity index (χ4v) is 4.25. The van der Waals surface area contributed by atoms with Gasteiger partial charge >= 0.3 is 5.97 Å². The third-order valence-corrected chi connectivity index (χ3v) is 5.52. The molecule has 0 radical (unpaired) electrons. The summed E-state index contributed by atoms with van der Waals surface area (Å²) >= 11 is 0. The lowest BCUT2D eigenvalue weighted by Gasteiger charge is -2.27. The first-order valence-electron chi connectivity index (χ1n) is 7.12. The molecule has 126 valence electrons. The highest BCUT2D eigenvalue weighted by atomic mass is 32.2. The van der Waals surface area contributed by atoms with Crippen LogP contribution in [0.3, 0.4) is 0 Å². The lowest BCUT2D eigenvalue weighted by molar-refractivity contribution is -0.148. The van der Waals surface area contributed by atoms with Gasteiger partial charge in [-0.3, -0.25) is 9.59 Å². The number of amides is 1. The van der Waals surface area contributed by atoms with Crippen molar-refractivity contribution in [1.29, 1.82) is 0 Å². The Morgan fingerprint density at radius 1 is 1.30 bits per heavy atom. The predicted molar refractivity (Wildman–Crippen MR) is 80.9 cm³/mol. The molecule has 1 heterocycles. The third-order valence-electron chi connectivity index (χ3n) is 3.77. The number of benzene rings is 1. The number of sulfone groups is 1. The Bertz CT molecular complexity index is 686. The van der Waals surface area contributed by atoms with Crippen molar-refractivity contribution in [3.8, 4) is 0 Å². The zero-order chi connectivity index (χ0) is 17.0. The molecular formula is C15H18FNO5S. The highest BCUT2D eigenvalue weighted by molar-refractivity contribution is 7.91. The first-order chi connectivity index (χ1) is 10.8. The Kier molecular flexibility index (Phi) is 5.35. The van der Waals surface area contributed by atoms with E-state index >= 15 is 0 Å². The minimum Gasteiger partial charge on any atom is -0.468 e. The van der Waals surface area contributed by atoms with E-state index in [0.29, 0.717) is 12.0 Å². The molecule has 0 aromatic heterocycles. The Morgan fingerprint density at radius 2 is 1.96 bits per heavy atom. The van der Waals surface area contributed by atoms with E-state index in [-0.39, 0.29) is 30.4 Å². The van der Waals surface area contributed by atoms with E-state index in [2.05, 4.69) is 4.74 Å². The van der Waals surface area contributed by atoms with Gasteiger partial charge < -0.3 is 9.64 Å². The molecule has 0 N–H and O–H groups in total. The zero-order valence-corrected chi connectivity index (χ0v) is 13.5. The molecule has 23 heavy (non-hydrogen) atoms. The minimum absolute atomic E-state index is 0.000826. The highest BCUT2D eigenvalue weighted by Crippen LogP contribution is 2.19. The van der Waals surface area contributed by atoms with Gasteiger partial charge in [-0.15, -0.1) is 0 Å². The van der Waals surface area contributed by atoms with Crippen molar-refractivity contribution in [2.75, 3.05) is 25.2 Å². The molecule has 0 spiro atoms. The van der Waals surface area contributed by atoms with Gasteiger partial charge in [0.1, 0.15) is 12.4 Å². The van der Waals surface area contributed by atoms with E-state index in [0.717, 1.165) is 0 Å². The van der Waals surface area contributed by atoms with Gasteiger partial charge in [0.25, 0.3) is 0 Å². The van der Waals surface area contributed by atoms with Crippen LogP contribution in [-0.4, -0.2) is 56.4 Å². The first-order valence-corrected chi connectivity index (χ1v) is 8.94. The molecule has 1 saturated heterocycles. The summed E-state index contributed by atoms with van der Waals surface area (Å²) in [6.07, 6.45) is 0.266. The van der Waals surface area contributed by atoms with Crippen LogP contribution in [0.2, 0.25) is 0 Å². The maximum absolute atomic E-state index is 12.9. The van der Waals surface area contributed by atoms with Crippen molar-refractivity contribution in [3.63, 3.8) is 0 Å². The molecule has 1 aromatic rings. The molecular weight excluding hydrogens is 325 g/mol. The van der Waals surface area contributed by atoms with Crippen LogP contribution in [0, 0.1) is 5.82 Å². The van der Waals surface area contributed by atoms with Crippen LogP contribution in [0.15, 0.2) is 24.3 Å². The van der Waals surface area contributed by atoms with Crippen molar-refractivity contribution in [2.45, 2.75) is 18.9 Å². The maximum atomic E-state index is 12.9. The third kappa shape index (κ3) is 4.75. The smallest absolute Gasteiger partial charge is 0.325 e. The average Bonchev–Trinajstić information content (AvgIpc) is 2.86. The normalized spacial score (nSPS) is 19.3. The summed E-state index contributed by atoms with van der Waals surface area (Å²) in [6.45, 7) is -0.295. The number of hydrogen-bond donors (Lipinski definition) is 0. The molecule has 0 bridgehead atoms. The number of carbonyl (C=O) groups excluding carboxylic acids is 2. The second-order valence-corrected chi connectivity index (χ2v) is 7.69. The Hall–Kier alpha value is -1.96. The fourth-order valence-electron chi connectivity index (χ4n) is 2.52. The van der Waals surface area contributed by atoms with Crippen LogP contribution >= 0.6 is 0 Å². The van der Waals surface area contributed by atoms with E-state index in [1.54, 1.807) is 0 Å². The molecule has 1 aromatic carbocycles. The summed E-state index contributed by atoms with van der Waals surface area (Å²) in [4.78, 5) is 25.3. The summed E-state index contributed by atoms with van der Waals surface area (Å²) in [5.41, 5.74) is 0.590. The number of hydrogen-bond acceptors (Lipinski definition) is 5. The topological polar surface area (TPSA) is 80.8 Å². The molecule has 1 amide bonds.